The smallest absolute Gasteiger partial charge is 0.278 e. The van der Waals surface area contributed by atoms with Gasteiger partial charge in [-0.3, -0.25) is 14.5 Å². The number of carbonyl (C=O) groups is 2. The van der Waals surface area contributed by atoms with E-state index in [1.165, 1.54) is 4.90 Å². The zero-order valence-electron chi connectivity index (χ0n) is 16.8. The van der Waals surface area contributed by atoms with E-state index in [0.29, 0.717) is 41.7 Å². The Morgan fingerprint density at radius 2 is 1.65 bits per heavy atom. The monoisotopic (exact) mass is 413 g/mol. The quantitative estimate of drug-likeness (QED) is 0.663. The number of hydrogen-bond acceptors (Lipinski definition) is 5. The van der Waals surface area contributed by atoms with Crippen LogP contribution in [0.4, 0.5) is 17.1 Å². The third kappa shape index (κ3) is 2.28. The van der Waals surface area contributed by atoms with Crippen LogP contribution in [0.3, 0.4) is 0 Å². The summed E-state index contributed by atoms with van der Waals surface area (Å²) in [6.07, 6.45) is 0. The topological polar surface area (TPSA) is 71.1 Å². The molecule has 1 spiro atoms. The van der Waals surface area contributed by atoms with Crippen molar-refractivity contribution >= 4 is 28.9 Å². The van der Waals surface area contributed by atoms with Crippen molar-refractivity contribution in [1.29, 1.82) is 0 Å². The van der Waals surface area contributed by atoms with Crippen LogP contribution in [0.5, 0.6) is 11.5 Å². The molecule has 0 aromatic heterocycles. The fourth-order valence-electron chi connectivity index (χ4n) is 4.66. The van der Waals surface area contributed by atoms with E-state index in [0.717, 1.165) is 11.3 Å². The minimum Gasteiger partial charge on any atom is -0.486 e. The average Bonchev–Trinajstić information content (AvgIpc) is 3.01. The number of ether oxygens (including phenoxy) is 2. The van der Waals surface area contributed by atoms with Gasteiger partial charge in [-0.2, -0.15) is 0 Å². The van der Waals surface area contributed by atoms with E-state index in [1.807, 2.05) is 42.5 Å². The van der Waals surface area contributed by atoms with Crippen molar-refractivity contribution in [3.05, 3.63) is 77.9 Å². The Morgan fingerprint density at radius 1 is 0.903 bits per heavy atom. The van der Waals surface area contributed by atoms with Gasteiger partial charge in [0.15, 0.2) is 11.5 Å². The molecule has 3 aliphatic rings. The summed E-state index contributed by atoms with van der Waals surface area (Å²) in [6, 6.07) is 20.1. The van der Waals surface area contributed by atoms with Crippen LogP contribution in [0.15, 0.2) is 66.7 Å². The third-order valence-electron chi connectivity index (χ3n) is 6.06. The number of para-hydroxylation sites is 2. The summed E-state index contributed by atoms with van der Waals surface area (Å²) in [6.45, 7) is 0.908. The lowest BCUT2D eigenvalue weighted by molar-refractivity contribution is -0.121. The third-order valence-corrected chi connectivity index (χ3v) is 6.06. The van der Waals surface area contributed by atoms with Crippen molar-refractivity contribution in [3.63, 3.8) is 0 Å². The first kappa shape index (κ1) is 17.8. The van der Waals surface area contributed by atoms with Gasteiger partial charge in [0, 0.05) is 24.4 Å². The van der Waals surface area contributed by atoms with Crippen LogP contribution >= 0.6 is 0 Å². The number of amides is 2. The first-order valence-electron chi connectivity index (χ1n) is 10.1. The largest absolute Gasteiger partial charge is 0.486 e. The normalized spacial score (nSPS) is 21.1. The lowest BCUT2D eigenvalue weighted by Crippen LogP contribution is -2.62. The van der Waals surface area contributed by atoms with Gasteiger partial charge in [0.2, 0.25) is 5.66 Å². The summed E-state index contributed by atoms with van der Waals surface area (Å²) in [5, 5.41) is 3.41. The molecule has 1 N–H and O–H groups in total. The molecule has 154 valence electrons. The number of nitrogens with zero attached hydrogens (tertiary/aromatic N) is 2. The molecule has 3 aliphatic heterocycles. The molecule has 0 fully saturated rings. The highest BCUT2D eigenvalue weighted by Crippen LogP contribution is 2.50. The van der Waals surface area contributed by atoms with Crippen LogP contribution < -0.4 is 24.6 Å². The number of benzene rings is 3. The van der Waals surface area contributed by atoms with E-state index < -0.39 is 5.66 Å². The van der Waals surface area contributed by atoms with Crippen molar-refractivity contribution in [2.24, 2.45) is 0 Å². The van der Waals surface area contributed by atoms with Crippen LogP contribution in [0.1, 0.15) is 15.9 Å². The number of nitrogens with one attached hydrogen (secondary N) is 1. The molecule has 0 radical (unpaired) electrons. The lowest BCUT2D eigenvalue weighted by atomic mass is 9.92. The van der Waals surface area contributed by atoms with E-state index >= 15 is 0 Å². The second-order valence-corrected chi connectivity index (χ2v) is 7.73. The van der Waals surface area contributed by atoms with Crippen LogP contribution in [-0.4, -0.2) is 32.1 Å². The van der Waals surface area contributed by atoms with E-state index in [4.69, 9.17) is 9.47 Å². The minimum absolute atomic E-state index is 0.230. The molecule has 0 saturated carbocycles. The van der Waals surface area contributed by atoms with Crippen molar-refractivity contribution in [2.75, 3.05) is 35.4 Å². The van der Waals surface area contributed by atoms with Crippen molar-refractivity contribution < 1.29 is 19.1 Å². The molecule has 0 unspecified atom stereocenters. The number of fused-ring (bicyclic) bond motifs is 4. The maximum absolute atomic E-state index is 13.9. The van der Waals surface area contributed by atoms with E-state index in [2.05, 4.69) is 5.32 Å². The molecule has 31 heavy (non-hydrogen) atoms. The Hall–Kier alpha value is -4.00. The highest BCUT2D eigenvalue weighted by molar-refractivity contribution is 6.22. The molecule has 6 rings (SSSR count). The molecule has 0 saturated heterocycles. The Morgan fingerprint density at radius 3 is 2.52 bits per heavy atom. The maximum atomic E-state index is 13.9. The minimum atomic E-state index is -1.40. The van der Waals surface area contributed by atoms with Crippen LogP contribution in [0.2, 0.25) is 0 Å². The van der Waals surface area contributed by atoms with E-state index in [1.54, 1.807) is 36.2 Å². The number of likely N-dealkylation sites (N-methyl/N-ethyl adjacent to an activating group) is 1. The Bertz CT molecular complexity index is 1260. The zero-order chi connectivity index (χ0) is 21.2. The zero-order valence-corrected chi connectivity index (χ0v) is 16.8. The summed E-state index contributed by atoms with van der Waals surface area (Å²) >= 11 is 0. The number of rotatable bonds is 1. The fourth-order valence-corrected chi connectivity index (χ4v) is 4.66. The number of hydrogen-bond donors (Lipinski definition) is 1. The Labute approximate surface area is 178 Å². The Kier molecular flexibility index (Phi) is 3.59. The van der Waals surface area contributed by atoms with Gasteiger partial charge < -0.3 is 19.7 Å². The van der Waals surface area contributed by atoms with E-state index in [9.17, 15) is 9.59 Å². The summed E-state index contributed by atoms with van der Waals surface area (Å²) in [7, 11) is 1.73. The summed E-state index contributed by atoms with van der Waals surface area (Å²) in [5.74, 6) is 0.686. The summed E-state index contributed by atoms with van der Waals surface area (Å²) < 4.78 is 11.4. The van der Waals surface area contributed by atoms with Crippen LogP contribution in [-0.2, 0) is 10.5 Å². The van der Waals surface area contributed by atoms with E-state index in [-0.39, 0.29) is 11.8 Å². The summed E-state index contributed by atoms with van der Waals surface area (Å²) in [5.41, 5.74) is 1.76. The van der Waals surface area contributed by atoms with Crippen LogP contribution in [0.25, 0.3) is 0 Å². The second-order valence-electron chi connectivity index (χ2n) is 7.73. The lowest BCUT2D eigenvalue weighted by Gasteiger charge is -2.45. The molecule has 0 aliphatic carbocycles. The second kappa shape index (κ2) is 6.25. The van der Waals surface area contributed by atoms with Gasteiger partial charge in [0.1, 0.15) is 13.2 Å². The maximum Gasteiger partial charge on any atom is 0.278 e. The van der Waals surface area contributed by atoms with Gasteiger partial charge >= 0.3 is 0 Å². The number of anilines is 3. The highest BCUT2D eigenvalue weighted by atomic mass is 16.6. The average molecular weight is 413 g/mol. The van der Waals surface area contributed by atoms with Gasteiger partial charge in [-0.05, 0) is 30.3 Å². The predicted octanol–water partition coefficient (Wildman–Crippen LogP) is 3.36. The molecular formula is C24H19N3O4. The molecule has 7 heteroatoms. The molecule has 0 bridgehead atoms. The molecule has 7 nitrogen and oxygen atoms in total. The standard InChI is InChI=1S/C24H19N3O4/c1-26-19-9-5-3-7-17(19)24(23(26)29)25-18-8-4-2-6-16(18)22(28)27(24)15-10-11-20-21(14-15)31-13-12-30-20/h2-11,14,25H,12-13H2,1H3/t24-/m0/s1. The van der Waals surface area contributed by atoms with Crippen molar-refractivity contribution in [1.82, 2.24) is 0 Å². The molecule has 3 heterocycles. The van der Waals surface area contributed by atoms with Crippen molar-refractivity contribution in [3.8, 4) is 11.5 Å². The molecule has 3 aromatic carbocycles. The molecule has 2 amide bonds. The van der Waals surface area contributed by atoms with Gasteiger partial charge in [-0.15, -0.1) is 0 Å². The summed E-state index contributed by atoms with van der Waals surface area (Å²) in [4.78, 5) is 30.8. The van der Waals surface area contributed by atoms with Gasteiger partial charge in [-0.1, -0.05) is 30.3 Å². The van der Waals surface area contributed by atoms with Gasteiger partial charge in [0.25, 0.3) is 11.8 Å². The van der Waals surface area contributed by atoms with Crippen LogP contribution in [0, 0.1) is 0 Å². The highest BCUT2D eigenvalue weighted by Gasteiger charge is 2.59. The predicted molar refractivity (Wildman–Crippen MR) is 116 cm³/mol. The molecule has 1 atom stereocenters. The van der Waals surface area contributed by atoms with Gasteiger partial charge in [0.05, 0.1) is 16.9 Å². The molecule has 3 aromatic rings. The Balaban J connectivity index is 1.63. The first-order valence-corrected chi connectivity index (χ1v) is 10.1. The SMILES string of the molecule is CN1C(=O)[C@]2(Nc3ccccc3C(=O)N2c2ccc3c(c2)OCCO3)c2ccccc21. The molecular weight excluding hydrogens is 394 g/mol. The fraction of sp³-hybridized carbons (Fsp3) is 0.167. The van der Waals surface area contributed by atoms with Crippen molar-refractivity contribution in [2.45, 2.75) is 5.66 Å². The van der Waals surface area contributed by atoms with Gasteiger partial charge in [-0.25, -0.2) is 0 Å². The first-order chi connectivity index (χ1) is 15.1. The number of carbonyl (C=O) groups excluding carboxylic acids is 2.